The minimum Gasteiger partial charge on any atom is -0.394 e. The van der Waals surface area contributed by atoms with Crippen molar-refractivity contribution >= 4 is 39.9 Å². The van der Waals surface area contributed by atoms with Gasteiger partial charge >= 0.3 is 0 Å². The molecule has 200 valence electrons. The highest BCUT2D eigenvalue weighted by Crippen LogP contribution is 2.29. The van der Waals surface area contributed by atoms with Gasteiger partial charge in [0.15, 0.2) is 28.0 Å². The molecule has 0 bridgehead atoms. The number of nitrogens with zero attached hydrogens (tertiary/aromatic N) is 2. The van der Waals surface area contributed by atoms with E-state index in [-0.39, 0.29) is 31.6 Å². The van der Waals surface area contributed by atoms with Gasteiger partial charge in [0.2, 0.25) is 10.8 Å². The molecule has 0 heterocycles. The zero-order valence-corrected chi connectivity index (χ0v) is 20.8. The van der Waals surface area contributed by atoms with Crippen molar-refractivity contribution in [3.63, 3.8) is 0 Å². The van der Waals surface area contributed by atoms with Gasteiger partial charge in [-0.25, -0.2) is 8.42 Å². The summed E-state index contributed by atoms with van der Waals surface area (Å²) >= 11 is 0. The fourth-order valence-electron chi connectivity index (χ4n) is 3.37. The molecule has 0 aromatic heterocycles. The monoisotopic (exact) mass is 526 g/mol. The molecular formula is C21H34N8O6S. The summed E-state index contributed by atoms with van der Waals surface area (Å²) in [5.41, 5.74) is 22.3. The average Bonchev–Trinajstić information content (AvgIpc) is 2.83. The Morgan fingerprint density at radius 2 is 1.86 bits per heavy atom. The summed E-state index contributed by atoms with van der Waals surface area (Å²) in [6.45, 7) is 0.426. The second-order valence-corrected chi connectivity index (χ2v) is 10.4. The Hall–Kier alpha value is -3.56. The van der Waals surface area contributed by atoms with Crippen molar-refractivity contribution in [3.8, 4) is 0 Å². The number of hydrogen-bond acceptors (Lipinski definition) is 9. The number of amides is 2. The van der Waals surface area contributed by atoms with Gasteiger partial charge in [-0.2, -0.15) is 0 Å². The van der Waals surface area contributed by atoms with Crippen LogP contribution in [0.25, 0.3) is 0 Å². The summed E-state index contributed by atoms with van der Waals surface area (Å²) in [6, 6.07) is 5.80. The highest BCUT2D eigenvalue weighted by atomic mass is 32.2. The molecule has 2 amide bonds. The molecule has 0 saturated heterocycles. The van der Waals surface area contributed by atoms with Gasteiger partial charge in [-0.3, -0.25) is 29.7 Å². The summed E-state index contributed by atoms with van der Waals surface area (Å²) in [4.78, 5) is 39.4. The third-order valence-corrected chi connectivity index (χ3v) is 7.62. The minimum atomic E-state index is -4.48. The average molecular weight is 527 g/mol. The Kier molecular flexibility index (Phi) is 11.4. The van der Waals surface area contributed by atoms with Gasteiger partial charge in [0, 0.05) is 6.54 Å². The number of sulfone groups is 1. The summed E-state index contributed by atoms with van der Waals surface area (Å²) in [5.74, 6) is -3.87. The first-order valence-electron chi connectivity index (χ1n) is 11.0. The number of aliphatic hydroxyl groups excluding tert-OH is 1. The van der Waals surface area contributed by atoms with Crippen molar-refractivity contribution in [2.24, 2.45) is 27.9 Å². The van der Waals surface area contributed by atoms with E-state index in [9.17, 15) is 22.8 Å². The lowest BCUT2D eigenvalue weighted by molar-refractivity contribution is -0.137. The predicted molar refractivity (Wildman–Crippen MR) is 134 cm³/mol. The Labute approximate surface area is 209 Å². The molecule has 0 aliphatic heterocycles. The molecule has 11 N–H and O–H groups in total. The van der Waals surface area contributed by atoms with Gasteiger partial charge < -0.3 is 33.4 Å². The maximum absolute atomic E-state index is 13.6. The molecule has 0 aliphatic carbocycles. The van der Waals surface area contributed by atoms with E-state index >= 15 is 0 Å². The van der Waals surface area contributed by atoms with Crippen molar-refractivity contribution in [2.75, 3.05) is 18.9 Å². The number of nitrogens with one attached hydrogen (secondary N) is 2. The SMILES string of the molecule is C[C@H](NC(=O)[C@@H](N)CO)C(=O)N(C(=N)N)[C@](C=O)(CCCN=C(N)N)S(=O)(=O)CCc1ccccc1. The first-order chi connectivity index (χ1) is 16.8. The number of aliphatic hydroxyl groups is 1. The van der Waals surface area contributed by atoms with Crippen LogP contribution in [0.1, 0.15) is 25.3 Å². The van der Waals surface area contributed by atoms with E-state index in [4.69, 9.17) is 33.5 Å². The Balaban J connectivity index is 3.46. The van der Waals surface area contributed by atoms with Crippen LogP contribution in [0.15, 0.2) is 35.3 Å². The molecule has 0 aliphatic rings. The normalized spacial score (nSPS) is 14.5. The Morgan fingerprint density at radius 1 is 1.25 bits per heavy atom. The topological polar surface area (TPSA) is 261 Å². The van der Waals surface area contributed by atoms with Crippen molar-refractivity contribution in [1.82, 2.24) is 10.2 Å². The van der Waals surface area contributed by atoms with Crippen LogP contribution in [-0.2, 0) is 30.6 Å². The number of carbonyl (C=O) groups is 3. The largest absolute Gasteiger partial charge is 0.394 e. The molecule has 36 heavy (non-hydrogen) atoms. The first-order valence-corrected chi connectivity index (χ1v) is 12.6. The van der Waals surface area contributed by atoms with Crippen molar-refractivity contribution in [3.05, 3.63) is 35.9 Å². The van der Waals surface area contributed by atoms with Gasteiger partial charge in [0.05, 0.1) is 12.4 Å². The zero-order chi connectivity index (χ0) is 27.5. The number of benzene rings is 1. The van der Waals surface area contributed by atoms with E-state index in [1.165, 1.54) is 6.92 Å². The van der Waals surface area contributed by atoms with Crippen LogP contribution in [0.3, 0.4) is 0 Å². The summed E-state index contributed by atoms with van der Waals surface area (Å²) in [5, 5.41) is 19.2. The fraction of sp³-hybridized carbons (Fsp3) is 0.476. The van der Waals surface area contributed by atoms with Gasteiger partial charge in [0.25, 0.3) is 5.91 Å². The summed E-state index contributed by atoms with van der Waals surface area (Å²) in [7, 11) is -4.48. The van der Waals surface area contributed by atoms with Gasteiger partial charge in [-0.05, 0) is 31.7 Å². The second-order valence-electron chi connectivity index (χ2n) is 8.01. The number of rotatable bonds is 14. The number of aryl methyl sites for hydroxylation is 1. The van der Waals surface area contributed by atoms with Crippen LogP contribution in [0, 0.1) is 5.41 Å². The molecule has 1 rings (SSSR count). The number of nitrogens with two attached hydrogens (primary N) is 4. The lowest BCUT2D eigenvalue weighted by atomic mass is 10.1. The zero-order valence-electron chi connectivity index (χ0n) is 20.0. The molecule has 1 aromatic rings. The number of carbonyl (C=O) groups excluding carboxylic acids is 3. The lowest BCUT2D eigenvalue weighted by Crippen LogP contribution is -2.66. The van der Waals surface area contributed by atoms with E-state index < -0.39 is 63.3 Å². The number of aldehydes is 1. The fourth-order valence-corrected chi connectivity index (χ4v) is 5.30. The standard InChI is InChI=1S/C21H34N8O6S/c1-14(28-17(32)16(22)12-30)18(33)29(20(25)26)21(13-31,9-5-10-27-19(23)24)36(34,35)11-8-15-6-3-2-4-7-15/h2-4,6-7,13-14,16,30H,5,8-12,22H2,1H3,(H3,25,26)(H,28,32)(H4,23,24,27)/t14-,16-,21+/m0/s1. The smallest absolute Gasteiger partial charge is 0.253 e. The molecule has 15 heteroatoms. The highest BCUT2D eigenvalue weighted by molar-refractivity contribution is 7.93. The number of hydrogen-bond donors (Lipinski definition) is 7. The number of guanidine groups is 2. The summed E-state index contributed by atoms with van der Waals surface area (Å²) in [6.07, 6.45) is -0.471. The van der Waals surface area contributed by atoms with E-state index in [0.29, 0.717) is 10.5 Å². The number of aliphatic imine (C=N–C) groups is 1. The van der Waals surface area contributed by atoms with Crippen LogP contribution in [-0.4, -0.2) is 84.3 Å². The molecule has 0 spiro atoms. The molecule has 14 nitrogen and oxygen atoms in total. The molecule has 0 radical (unpaired) electrons. The molecule has 0 fully saturated rings. The molecule has 0 saturated carbocycles. The minimum absolute atomic E-state index is 0.0181. The predicted octanol–water partition coefficient (Wildman–Crippen LogP) is -2.86. The second kappa shape index (κ2) is 13.5. The quantitative estimate of drug-likeness (QED) is 0.0564. The van der Waals surface area contributed by atoms with Gasteiger partial charge in [-0.15, -0.1) is 0 Å². The Bertz CT molecular complexity index is 1060. The highest BCUT2D eigenvalue weighted by Gasteiger charge is 2.52. The third kappa shape index (κ3) is 7.73. The van der Waals surface area contributed by atoms with Crippen LogP contribution < -0.4 is 28.3 Å². The van der Waals surface area contributed by atoms with E-state index in [0.717, 1.165) is 0 Å². The molecule has 3 atom stereocenters. The van der Waals surface area contributed by atoms with E-state index in [2.05, 4.69) is 10.3 Å². The van der Waals surface area contributed by atoms with Crippen LogP contribution >= 0.6 is 0 Å². The summed E-state index contributed by atoms with van der Waals surface area (Å²) < 4.78 is 27.3. The molecule has 1 aromatic carbocycles. The van der Waals surface area contributed by atoms with Crippen LogP contribution in [0.2, 0.25) is 0 Å². The van der Waals surface area contributed by atoms with Gasteiger partial charge in [-0.1, -0.05) is 30.3 Å². The van der Waals surface area contributed by atoms with E-state index in [1.807, 2.05) is 0 Å². The van der Waals surface area contributed by atoms with E-state index in [1.54, 1.807) is 30.3 Å². The third-order valence-electron chi connectivity index (χ3n) is 5.31. The van der Waals surface area contributed by atoms with Crippen molar-refractivity contribution in [2.45, 2.75) is 43.1 Å². The van der Waals surface area contributed by atoms with Crippen molar-refractivity contribution < 1.29 is 27.9 Å². The first kappa shape index (κ1) is 30.5. The maximum Gasteiger partial charge on any atom is 0.253 e. The molecule has 0 unspecified atom stereocenters. The maximum atomic E-state index is 13.6. The molecular weight excluding hydrogens is 492 g/mol. The van der Waals surface area contributed by atoms with Gasteiger partial charge in [0.1, 0.15) is 12.1 Å². The van der Waals surface area contributed by atoms with Crippen LogP contribution in [0.5, 0.6) is 0 Å². The van der Waals surface area contributed by atoms with Crippen LogP contribution in [0.4, 0.5) is 0 Å². The lowest BCUT2D eigenvalue weighted by Gasteiger charge is -2.39. The van der Waals surface area contributed by atoms with Crippen molar-refractivity contribution in [1.29, 1.82) is 5.41 Å². The Morgan fingerprint density at radius 3 is 2.36 bits per heavy atom.